The fraction of sp³-hybridized carbons (Fsp3) is 0.375. The summed E-state index contributed by atoms with van der Waals surface area (Å²) in [5.74, 6) is 0. The van der Waals surface area contributed by atoms with Gasteiger partial charge in [0, 0.05) is 16.7 Å². The van der Waals surface area contributed by atoms with Gasteiger partial charge in [0.05, 0.1) is 12.2 Å². The van der Waals surface area contributed by atoms with E-state index >= 15 is 0 Å². The number of aryl methyl sites for hydroxylation is 1. The van der Waals surface area contributed by atoms with E-state index < -0.39 is 5.41 Å². The molecule has 19 heavy (non-hydrogen) atoms. The Morgan fingerprint density at radius 3 is 2.42 bits per heavy atom. The summed E-state index contributed by atoms with van der Waals surface area (Å²) >= 11 is 0. The molecule has 0 bridgehead atoms. The highest BCUT2D eigenvalue weighted by atomic mass is 16.1. The fourth-order valence-corrected chi connectivity index (χ4v) is 2.60. The van der Waals surface area contributed by atoms with E-state index in [2.05, 4.69) is 17.2 Å². The van der Waals surface area contributed by atoms with Crippen LogP contribution in [0.4, 0.5) is 0 Å². The third kappa shape index (κ3) is 2.60. The minimum atomic E-state index is -0.483. The van der Waals surface area contributed by atoms with Crippen LogP contribution >= 0.6 is 0 Å². The molecule has 0 atom stereocenters. The number of hydrogen-bond acceptors (Lipinski definition) is 2. The minimum absolute atomic E-state index is 0.483. The van der Waals surface area contributed by atoms with Crippen molar-refractivity contribution in [1.29, 1.82) is 0 Å². The number of rotatable bonds is 4. The second-order valence-electron chi connectivity index (χ2n) is 5.53. The van der Waals surface area contributed by atoms with Gasteiger partial charge >= 0.3 is 0 Å². The first kappa shape index (κ1) is 13.5. The molecule has 0 radical (unpaired) electrons. The summed E-state index contributed by atoms with van der Waals surface area (Å²) in [7, 11) is 0. The Hall–Kier alpha value is -1.90. The molecule has 1 heterocycles. The van der Waals surface area contributed by atoms with E-state index in [-0.39, 0.29) is 0 Å². The molecule has 0 saturated heterocycles. The summed E-state index contributed by atoms with van der Waals surface area (Å²) in [6.07, 6.45) is 0.997. The van der Waals surface area contributed by atoms with Crippen molar-refractivity contribution in [2.45, 2.75) is 39.7 Å². The first-order valence-electron chi connectivity index (χ1n) is 6.50. The molecule has 2 rings (SSSR count). The number of carbonyl (C=O) groups is 1. The summed E-state index contributed by atoms with van der Waals surface area (Å²) in [6, 6.07) is 10.2. The highest BCUT2D eigenvalue weighted by Gasteiger charge is 2.27. The number of benzene rings is 1. The van der Waals surface area contributed by atoms with Crippen molar-refractivity contribution in [3.05, 3.63) is 52.8 Å². The van der Waals surface area contributed by atoms with Crippen LogP contribution in [0.2, 0.25) is 0 Å². The summed E-state index contributed by atoms with van der Waals surface area (Å²) in [6.45, 7) is 8.61. The summed E-state index contributed by atoms with van der Waals surface area (Å²) in [5, 5.41) is 4.58. The summed E-state index contributed by atoms with van der Waals surface area (Å²) in [4.78, 5) is 11.3. The molecule has 0 saturated carbocycles. The first-order valence-corrected chi connectivity index (χ1v) is 6.50. The molecule has 100 valence electrons. The van der Waals surface area contributed by atoms with Crippen molar-refractivity contribution >= 4 is 6.29 Å². The monoisotopic (exact) mass is 256 g/mol. The molecule has 0 spiro atoms. The van der Waals surface area contributed by atoms with Crippen LogP contribution in [0.15, 0.2) is 30.3 Å². The first-order chi connectivity index (χ1) is 8.95. The van der Waals surface area contributed by atoms with Gasteiger partial charge in [-0.15, -0.1) is 0 Å². The maximum atomic E-state index is 11.3. The SMILES string of the molecule is Cc1nn(Cc2ccccc2)c(C)c1C(C)(C)C=O. The molecule has 0 aliphatic rings. The van der Waals surface area contributed by atoms with E-state index in [1.54, 1.807) is 0 Å². The number of aromatic nitrogens is 2. The molecule has 0 unspecified atom stereocenters. The van der Waals surface area contributed by atoms with Crippen LogP contribution in [0.3, 0.4) is 0 Å². The molecule has 0 aliphatic heterocycles. The Morgan fingerprint density at radius 1 is 1.21 bits per heavy atom. The van der Waals surface area contributed by atoms with E-state index in [4.69, 9.17) is 0 Å². The zero-order chi connectivity index (χ0) is 14.0. The van der Waals surface area contributed by atoms with Crippen molar-refractivity contribution in [1.82, 2.24) is 9.78 Å². The number of hydrogen-bond donors (Lipinski definition) is 0. The fourth-order valence-electron chi connectivity index (χ4n) is 2.60. The van der Waals surface area contributed by atoms with E-state index in [1.807, 2.05) is 50.6 Å². The highest BCUT2D eigenvalue weighted by Crippen LogP contribution is 2.27. The lowest BCUT2D eigenvalue weighted by Gasteiger charge is -2.17. The average molecular weight is 256 g/mol. The summed E-state index contributed by atoms with van der Waals surface area (Å²) in [5.41, 5.74) is 3.77. The second kappa shape index (κ2) is 5.00. The van der Waals surface area contributed by atoms with Gasteiger partial charge in [0.2, 0.25) is 0 Å². The molecule has 1 aromatic heterocycles. The third-order valence-corrected chi connectivity index (χ3v) is 3.50. The van der Waals surface area contributed by atoms with Gasteiger partial charge in [0.15, 0.2) is 0 Å². The van der Waals surface area contributed by atoms with Gasteiger partial charge in [-0.05, 0) is 33.3 Å². The molecule has 0 fully saturated rings. The molecule has 0 aliphatic carbocycles. The lowest BCUT2D eigenvalue weighted by atomic mass is 9.85. The van der Waals surface area contributed by atoms with Crippen molar-refractivity contribution in [3.63, 3.8) is 0 Å². The van der Waals surface area contributed by atoms with E-state index in [9.17, 15) is 4.79 Å². The van der Waals surface area contributed by atoms with Crippen molar-refractivity contribution in [3.8, 4) is 0 Å². The van der Waals surface area contributed by atoms with Crippen molar-refractivity contribution < 1.29 is 4.79 Å². The molecule has 0 N–H and O–H groups in total. The van der Waals surface area contributed by atoms with Crippen molar-refractivity contribution in [2.75, 3.05) is 0 Å². The number of carbonyl (C=O) groups excluding carboxylic acids is 1. The molecular weight excluding hydrogens is 236 g/mol. The van der Waals surface area contributed by atoms with Crippen LogP contribution in [0.5, 0.6) is 0 Å². The number of aldehydes is 1. The van der Waals surface area contributed by atoms with E-state index in [1.165, 1.54) is 5.56 Å². The van der Waals surface area contributed by atoms with Crippen LogP contribution in [0.25, 0.3) is 0 Å². The molecule has 3 heteroatoms. The minimum Gasteiger partial charge on any atom is -0.302 e. The van der Waals surface area contributed by atoms with Crippen LogP contribution in [-0.2, 0) is 16.8 Å². The maximum absolute atomic E-state index is 11.3. The predicted octanol–water partition coefficient (Wildman–Crippen LogP) is 3.02. The van der Waals surface area contributed by atoms with Crippen LogP contribution < -0.4 is 0 Å². The van der Waals surface area contributed by atoms with Crippen molar-refractivity contribution in [2.24, 2.45) is 0 Å². The lowest BCUT2D eigenvalue weighted by molar-refractivity contribution is -0.111. The highest BCUT2D eigenvalue weighted by molar-refractivity contribution is 5.68. The Morgan fingerprint density at radius 2 is 1.84 bits per heavy atom. The van der Waals surface area contributed by atoms with Gasteiger partial charge in [0.1, 0.15) is 6.29 Å². The zero-order valence-electron chi connectivity index (χ0n) is 12.0. The van der Waals surface area contributed by atoms with Crippen LogP contribution in [0.1, 0.15) is 36.4 Å². The van der Waals surface area contributed by atoms with Crippen LogP contribution in [0, 0.1) is 13.8 Å². The topological polar surface area (TPSA) is 34.9 Å². The maximum Gasteiger partial charge on any atom is 0.130 e. The van der Waals surface area contributed by atoms with Gasteiger partial charge in [-0.2, -0.15) is 5.10 Å². The summed E-state index contributed by atoms with van der Waals surface area (Å²) < 4.78 is 1.98. The normalized spacial score (nSPS) is 11.6. The zero-order valence-corrected chi connectivity index (χ0v) is 12.0. The van der Waals surface area contributed by atoms with E-state index in [0.29, 0.717) is 0 Å². The molecular formula is C16H20N2O. The molecule has 1 aromatic carbocycles. The quantitative estimate of drug-likeness (QED) is 0.788. The third-order valence-electron chi connectivity index (χ3n) is 3.50. The second-order valence-corrected chi connectivity index (χ2v) is 5.53. The van der Waals surface area contributed by atoms with E-state index in [0.717, 1.165) is 29.8 Å². The Labute approximate surface area is 114 Å². The van der Waals surface area contributed by atoms with Gasteiger partial charge in [0.25, 0.3) is 0 Å². The molecule has 3 nitrogen and oxygen atoms in total. The van der Waals surface area contributed by atoms with Gasteiger partial charge in [-0.3, -0.25) is 4.68 Å². The Bertz CT molecular complexity index is 582. The van der Waals surface area contributed by atoms with Crippen LogP contribution in [-0.4, -0.2) is 16.1 Å². The Kier molecular flexibility index (Phi) is 3.56. The largest absolute Gasteiger partial charge is 0.302 e. The molecule has 0 amide bonds. The Balaban J connectivity index is 2.40. The van der Waals surface area contributed by atoms with Gasteiger partial charge < -0.3 is 4.79 Å². The molecule has 2 aromatic rings. The predicted molar refractivity (Wildman–Crippen MR) is 76.3 cm³/mol. The standard InChI is InChI=1S/C16H20N2O/c1-12-15(16(3,4)11-19)13(2)18(17-12)10-14-8-6-5-7-9-14/h5-9,11H,10H2,1-4H3. The number of nitrogens with zero attached hydrogens (tertiary/aromatic N) is 2. The smallest absolute Gasteiger partial charge is 0.130 e. The lowest BCUT2D eigenvalue weighted by Crippen LogP contribution is -2.20. The van der Waals surface area contributed by atoms with Gasteiger partial charge in [-0.1, -0.05) is 30.3 Å². The average Bonchev–Trinajstić information content (AvgIpc) is 2.66. The van der Waals surface area contributed by atoms with Gasteiger partial charge in [-0.25, -0.2) is 0 Å².